The molecule has 140 valence electrons. The number of hydrogen-bond acceptors (Lipinski definition) is 2. The van der Waals surface area contributed by atoms with Crippen LogP contribution in [0, 0.1) is 6.92 Å². The SMILES string of the molecule is Cc1ccc(C2NCCc3c2[nH]c2ccc(OCc4ccccc4)cc32)cc1. The summed E-state index contributed by atoms with van der Waals surface area (Å²) in [5.74, 6) is 0.920. The van der Waals surface area contributed by atoms with E-state index in [-0.39, 0.29) is 6.04 Å². The Hall–Kier alpha value is -3.04. The normalized spacial score (nSPS) is 16.1. The van der Waals surface area contributed by atoms with E-state index in [1.165, 1.54) is 38.9 Å². The third kappa shape index (κ3) is 3.19. The Morgan fingerprint density at radius 2 is 1.79 bits per heavy atom. The highest BCUT2D eigenvalue weighted by Gasteiger charge is 2.25. The standard InChI is InChI=1S/C25H24N2O/c1-17-7-9-19(10-8-17)24-25-21(13-14-26-24)22-15-20(11-12-23(22)27-25)28-16-18-5-3-2-4-6-18/h2-12,15,24,26-27H,13-14,16H2,1H3. The maximum absolute atomic E-state index is 6.06. The van der Waals surface area contributed by atoms with E-state index in [2.05, 4.69) is 71.8 Å². The van der Waals surface area contributed by atoms with Crippen molar-refractivity contribution in [3.05, 3.63) is 101 Å². The van der Waals surface area contributed by atoms with Crippen LogP contribution in [-0.4, -0.2) is 11.5 Å². The fraction of sp³-hybridized carbons (Fsp3) is 0.200. The van der Waals surface area contributed by atoms with Crippen LogP contribution in [0.3, 0.4) is 0 Å². The number of nitrogens with one attached hydrogen (secondary N) is 2. The van der Waals surface area contributed by atoms with Crippen molar-refractivity contribution >= 4 is 10.9 Å². The van der Waals surface area contributed by atoms with Crippen LogP contribution in [0.25, 0.3) is 10.9 Å². The lowest BCUT2D eigenvalue weighted by molar-refractivity contribution is 0.306. The van der Waals surface area contributed by atoms with Gasteiger partial charge in [-0.25, -0.2) is 0 Å². The van der Waals surface area contributed by atoms with Crippen LogP contribution < -0.4 is 10.1 Å². The highest BCUT2D eigenvalue weighted by molar-refractivity contribution is 5.86. The number of ether oxygens (including phenoxy) is 1. The summed E-state index contributed by atoms with van der Waals surface area (Å²) < 4.78 is 6.06. The lowest BCUT2D eigenvalue weighted by Gasteiger charge is -2.25. The topological polar surface area (TPSA) is 37.0 Å². The molecule has 0 amide bonds. The Morgan fingerprint density at radius 1 is 0.964 bits per heavy atom. The number of fused-ring (bicyclic) bond motifs is 3. The molecule has 28 heavy (non-hydrogen) atoms. The van der Waals surface area contributed by atoms with Crippen molar-refractivity contribution in [2.45, 2.75) is 26.0 Å². The molecule has 0 aliphatic carbocycles. The molecule has 1 aliphatic heterocycles. The third-order valence-electron chi connectivity index (χ3n) is 5.58. The summed E-state index contributed by atoms with van der Waals surface area (Å²) in [6.07, 6.45) is 1.03. The largest absolute Gasteiger partial charge is 0.489 e. The van der Waals surface area contributed by atoms with E-state index < -0.39 is 0 Å². The Morgan fingerprint density at radius 3 is 2.61 bits per heavy atom. The van der Waals surface area contributed by atoms with Crippen molar-refractivity contribution in [1.29, 1.82) is 0 Å². The van der Waals surface area contributed by atoms with E-state index in [1.54, 1.807) is 0 Å². The lowest BCUT2D eigenvalue weighted by atomic mass is 9.94. The molecule has 2 N–H and O–H groups in total. The van der Waals surface area contributed by atoms with Crippen LogP contribution in [0.2, 0.25) is 0 Å². The average Bonchev–Trinajstić information content (AvgIpc) is 3.12. The third-order valence-corrected chi connectivity index (χ3v) is 5.58. The predicted molar refractivity (Wildman–Crippen MR) is 114 cm³/mol. The highest BCUT2D eigenvalue weighted by atomic mass is 16.5. The van der Waals surface area contributed by atoms with Gasteiger partial charge in [0.15, 0.2) is 0 Å². The van der Waals surface area contributed by atoms with Gasteiger partial charge in [-0.2, -0.15) is 0 Å². The van der Waals surface area contributed by atoms with Crippen LogP contribution in [-0.2, 0) is 13.0 Å². The molecule has 0 bridgehead atoms. The Kier molecular flexibility index (Phi) is 4.38. The Labute approximate surface area is 165 Å². The predicted octanol–water partition coefficient (Wildman–Crippen LogP) is 5.29. The van der Waals surface area contributed by atoms with Crippen molar-refractivity contribution in [2.24, 2.45) is 0 Å². The van der Waals surface area contributed by atoms with Crippen molar-refractivity contribution in [2.75, 3.05) is 6.54 Å². The minimum Gasteiger partial charge on any atom is -0.489 e. The smallest absolute Gasteiger partial charge is 0.120 e. The van der Waals surface area contributed by atoms with Gasteiger partial charge >= 0.3 is 0 Å². The van der Waals surface area contributed by atoms with Gasteiger partial charge in [-0.05, 0) is 48.2 Å². The second-order valence-electron chi connectivity index (χ2n) is 7.55. The molecule has 0 saturated carbocycles. The van der Waals surface area contributed by atoms with Gasteiger partial charge in [-0.3, -0.25) is 0 Å². The molecule has 0 radical (unpaired) electrons. The monoisotopic (exact) mass is 368 g/mol. The first-order valence-corrected chi connectivity index (χ1v) is 9.89. The van der Waals surface area contributed by atoms with Crippen LogP contribution in [0.4, 0.5) is 0 Å². The van der Waals surface area contributed by atoms with Crippen LogP contribution in [0.5, 0.6) is 5.75 Å². The number of rotatable bonds is 4. The highest BCUT2D eigenvalue weighted by Crippen LogP contribution is 2.35. The molecule has 2 heterocycles. The zero-order valence-corrected chi connectivity index (χ0v) is 16.0. The summed E-state index contributed by atoms with van der Waals surface area (Å²) in [5.41, 5.74) is 7.64. The minimum atomic E-state index is 0.213. The van der Waals surface area contributed by atoms with Crippen molar-refractivity contribution < 1.29 is 4.74 Å². The molecular weight excluding hydrogens is 344 g/mol. The van der Waals surface area contributed by atoms with Gasteiger partial charge < -0.3 is 15.0 Å². The van der Waals surface area contributed by atoms with E-state index in [4.69, 9.17) is 4.74 Å². The molecule has 3 heteroatoms. The number of hydrogen-bond donors (Lipinski definition) is 2. The summed E-state index contributed by atoms with van der Waals surface area (Å²) in [6, 6.07) is 25.7. The molecule has 1 atom stereocenters. The summed E-state index contributed by atoms with van der Waals surface area (Å²) in [7, 11) is 0. The molecule has 4 aromatic rings. The second-order valence-corrected chi connectivity index (χ2v) is 7.55. The second kappa shape index (κ2) is 7.17. The maximum Gasteiger partial charge on any atom is 0.120 e. The first-order valence-electron chi connectivity index (χ1n) is 9.89. The van der Waals surface area contributed by atoms with E-state index in [1.807, 2.05) is 18.2 Å². The van der Waals surface area contributed by atoms with Crippen LogP contribution in [0.1, 0.15) is 34.0 Å². The quantitative estimate of drug-likeness (QED) is 0.513. The molecule has 0 spiro atoms. The van der Waals surface area contributed by atoms with Crippen molar-refractivity contribution in [3.8, 4) is 5.75 Å². The van der Waals surface area contributed by atoms with E-state index in [0.717, 1.165) is 18.7 Å². The zero-order valence-electron chi connectivity index (χ0n) is 16.0. The minimum absolute atomic E-state index is 0.213. The number of aromatic nitrogens is 1. The van der Waals surface area contributed by atoms with Gasteiger partial charge in [0.1, 0.15) is 12.4 Å². The molecule has 0 saturated heterocycles. The zero-order chi connectivity index (χ0) is 18.9. The van der Waals surface area contributed by atoms with Gasteiger partial charge in [0.2, 0.25) is 0 Å². The molecule has 5 rings (SSSR count). The number of aryl methyl sites for hydroxylation is 1. The summed E-state index contributed by atoms with van der Waals surface area (Å²) in [6.45, 7) is 3.70. The number of benzene rings is 3. The summed E-state index contributed by atoms with van der Waals surface area (Å²) in [4.78, 5) is 3.66. The molecule has 1 aliphatic rings. The van der Waals surface area contributed by atoms with E-state index in [0.29, 0.717) is 6.61 Å². The molecular formula is C25H24N2O. The van der Waals surface area contributed by atoms with Crippen molar-refractivity contribution in [1.82, 2.24) is 10.3 Å². The van der Waals surface area contributed by atoms with Gasteiger partial charge in [0.25, 0.3) is 0 Å². The molecule has 0 fully saturated rings. The first-order chi connectivity index (χ1) is 13.8. The fourth-order valence-electron chi connectivity index (χ4n) is 4.08. The summed E-state index contributed by atoms with van der Waals surface area (Å²) >= 11 is 0. The Balaban J connectivity index is 1.47. The number of H-pyrrole nitrogens is 1. The average molecular weight is 368 g/mol. The van der Waals surface area contributed by atoms with Crippen LogP contribution >= 0.6 is 0 Å². The maximum atomic E-state index is 6.06. The van der Waals surface area contributed by atoms with Gasteiger partial charge in [0.05, 0.1) is 6.04 Å². The molecule has 1 unspecified atom stereocenters. The van der Waals surface area contributed by atoms with E-state index >= 15 is 0 Å². The number of aromatic amines is 1. The lowest BCUT2D eigenvalue weighted by Crippen LogP contribution is -2.30. The van der Waals surface area contributed by atoms with Gasteiger partial charge in [-0.15, -0.1) is 0 Å². The first kappa shape index (κ1) is 17.1. The van der Waals surface area contributed by atoms with Gasteiger partial charge in [0, 0.05) is 23.1 Å². The molecule has 3 aromatic carbocycles. The molecule has 1 aromatic heterocycles. The fourth-order valence-corrected chi connectivity index (χ4v) is 4.08. The van der Waals surface area contributed by atoms with Crippen LogP contribution in [0.15, 0.2) is 72.8 Å². The van der Waals surface area contributed by atoms with Gasteiger partial charge in [-0.1, -0.05) is 60.2 Å². The molecule has 3 nitrogen and oxygen atoms in total. The summed E-state index contributed by atoms with van der Waals surface area (Å²) in [5, 5.41) is 4.95. The van der Waals surface area contributed by atoms with Crippen molar-refractivity contribution in [3.63, 3.8) is 0 Å². The van der Waals surface area contributed by atoms with E-state index in [9.17, 15) is 0 Å². The Bertz CT molecular complexity index is 1100.